The number of piperazine rings is 1. The molecule has 1 N–H and O–H groups in total. The van der Waals surface area contributed by atoms with Crippen LogP contribution in [-0.4, -0.2) is 48.0 Å². The van der Waals surface area contributed by atoms with Crippen LogP contribution in [0.2, 0.25) is 0 Å². The number of carbonyl (C=O) groups excluding carboxylic acids is 1. The number of hydrogen-bond donors (Lipinski definition) is 1. The number of benzene rings is 1. The zero-order chi connectivity index (χ0) is 23.4. The fourth-order valence-corrected chi connectivity index (χ4v) is 4.03. The van der Waals surface area contributed by atoms with Gasteiger partial charge in [-0.05, 0) is 43.7 Å². The lowest BCUT2D eigenvalue weighted by molar-refractivity contribution is -0.116. The zero-order valence-corrected chi connectivity index (χ0v) is 18.8. The molecular weight excluding hydrogens is 416 g/mol. The number of likely N-dealkylation sites (N-methyl/N-ethyl adjacent to an activating group) is 1. The lowest BCUT2D eigenvalue weighted by atomic mass is 10.1. The molecule has 33 heavy (non-hydrogen) atoms. The normalized spacial score (nSPS) is 14.3. The van der Waals surface area contributed by atoms with Gasteiger partial charge in [-0.2, -0.15) is 5.26 Å². The van der Waals surface area contributed by atoms with Gasteiger partial charge >= 0.3 is 0 Å². The molecule has 0 aliphatic carbocycles. The summed E-state index contributed by atoms with van der Waals surface area (Å²) in [5.41, 5.74) is 2.42. The smallest absolute Gasteiger partial charge is 0.267 e. The number of rotatable bonds is 5. The van der Waals surface area contributed by atoms with E-state index in [2.05, 4.69) is 27.2 Å². The highest BCUT2D eigenvalue weighted by atomic mass is 16.1. The molecule has 2 aromatic heterocycles. The van der Waals surface area contributed by atoms with Crippen molar-refractivity contribution in [2.75, 3.05) is 42.5 Å². The quantitative estimate of drug-likeness (QED) is 0.482. The van der Waals surface area contributed by atoms with Gasteiger partial charge in [-0.25, -0.2) is 4.98 Å². The summed E-state index contributed by atoms with van der Waals surface area (Å²) in [5, 5.41) is 12.2. The molecule has 8 heteroatoms. The Balaban J connectivity index is 1.78. The number of pyridine rings is 1. The summed E-state index contributed by atoms with van der Waals surface area (Å²) in [4.78, 5) is 35.0. The van der Waals surface area contributed by atoms with Gasteiger partial charge in [-0.15, -0.1) is 0 Å². The summed E-state index contributed by atoms with van der Waals surface area (Å²) in [6, 6.07) is 15.8. The van der Waals surface area contributed by atoms with Crippen LogP contribution < -0.4 is 20.7 Å². The number of anilines is 2. The monoisotopic (exact) mass is 442 g/mol. The molecule has 4 rings (SSSR count). The van der Waals surface area contributed by atoms with Crippen molar-refractivity contribution in [3.8, 4) is 6.07 Å². The average molecular weight is 443 g/mol. The Kier molecular flexibility index (Phi) is 6.41. The van der Waals surface area contributed by atoms with E-state index < -0.39 is 5.91 Å². The highest BCUT2D eigenvalue weighted by Gasteiger charge is 2.24. The predicted octanol–water partition coefficient (Wildman–Crippen LogP) is 2.37. The summed E-state index contributed by atoms with van der Waals surface area (Å²) in [7, 11) is 0. The molecule has 0 spiro atoms. The van der Waals surface area contributed by atoms with E-state index in [-0.39, 0.29) is 16.7 Å². The van der Waals surface area contributed by atoms with Crippen molar-refractivity contribution in [1.29, 1.82) is 5.26 Å². The first-order valence-electron chi connectivity index (χ1n) is 11.0. The second kappa shape index (κ2) is 9.57. The summed E-state index contributed by atoms with van der Waals surface area (Å²) < 4.78 is 1.47. The first-order chi connectivity index (χ1) is 16.0. The number of hydrogen-bond acceptors (Lipinski definition) is 6. The molecule has 0 atom stereocenters. The number of fused-ring (bicyclic) bond motifs is 1. The minimum Gasteiger partial charge on any atom is -0.368 e. The fraction of sp³-hybridized carbons (Fsp3) is 0.280. The number of aryl methyl sites for hydroxylation is 1. The number of amides is 1. The third kappa shape index (κ3) is 4.44. The van der Waals surface area contributed by atoms with Gasteiger partial charge in [0.25, 0.3) is 11.5 Å². The average Bonchev–Trinajstić information content (AvgIpc) is 2.84. The summed E-state index contributed by atoms with van der Waals surface area (Å²) in [6.45, 7) is 6.93. The highest BCUT2D eigenvalue weighted by molar-refractivity contribution is 6.02. The summed E-state index contributed by atoms with van der Waals surface area (Å²) >= 11 is 0. The molecule has 1 amide bonds. The van der Waals surface area contributed by atoms with Gasteiger partial charge < -0.3 is 15.1 Å². The van der Waals surface area contributed by atoms with Gasteiger partial charge in [0.2, 0.25) is 0 Å². The maximum absolute atomic E-state index is 13.5. The van der Waals surface area contributed by atoms with Crippen molar-refractivity contribution in [2.24, 2.45) is 0 Å². The third-order valence-corrected chi connectivity index (χ3v) is 5.76. The van der Waals surface area contributed by atoms with E-state index >= 15 is 0 Å². The van der Waals surface area contributed by atoms with Crippen LogP contribution in [0.3, 0.4) is 0 Å². The minimum atomic E-state index is -0.506. The zero-order valence-electron chi connectivity index (χ0n) is 18.8. The van der Waals surface area contributed by atoms with Crippen LogP contribution >= 0.6 is 0 Å². The summed E-state index contributed by atoms with van der Waals surface area (Å²) in [6.07, 6.45) is 3.03. The molecule has 1 fully saturated rings. The lowest BCUT2D eigenvalue weighted by Gasteiger charge is -2.37. The Morgan fingerprint density at radius 1 is 1.12 bits per heavy atom. The van der Waals surface area contributed by atoms with Gasteiger partial charge in [0.15, 0.2) is 0 Å². The number of aromatic nitrogens is 2. The van der Waals surface area contributed by atoms with E-state index in [1.54, 1.807) is 19.2 Å². The van der Waals surface area contributed by atoms with Gasteiger partial charge in [0.1, 0.15) is 23.1 Å². The second-order valence-corrected chi connectivity index (χ2v) is 7.88. The van der Waals surface area contributed by atoms with Crippen LogP contribution in [0.4, 0.5) is 11.5 Å². The van der Waals surface area contributed by atoms with Crippen molar-refractivity contribution in [3.05, 3.63) is 75.7 Å². The number of carbonyl (C=O) groups is 1. The Bertz CT molecular complexity index is 1300. The van der Waals surface area contributed by atoms with Crippen LogP contribution in [0.25, 0.3) is 11.7 Å². The molecule has 1 aliphatic rings. The molecule has 0 unspecified atom stereocenters. The lowest BCUT2D eigenvalue weighted by Crippen LogP contribution is -2.47. The molecule has 1 saturated heterocycles. The van der Waals surface area contributed by atoms with Gasteiger partial charge in [-0.3, -0.25) is 14.0 Å². The van der Waals surface area contributed by atoms with E-state index in [9.17, 15) is 14.9 Å². The maximum Gasteiger partial charge on any atom is 0.267 e. The van der Waals surface area contributed by atoms with Crippen LogP contribution in [0, 0.1) is 18.3 Å². The van der Waals surface area contributed by atoms with Gasteiger partial charge in [0.05, 0.1) is 5.56 Å². The molecule has 1 aliphatic heterocycles. The topological polar surface area (TPSA) is 93.7 Å². The van der Waals surface area contributed by atoms with E-state index in [1.165, 1.54) is 10.5 Å². The SMILES string of the molecule is CCNC(=O)C(C#N)=Cc1c(N2CCN(c3ccccc3)CC2)nc2c(C)cccn2c1=O. The Labute approximate surface area is 192 Å². The number of nitriles is 1. The summed E-state index contributed by atoms with van der Waals surface area (Å²) in [5.74, 6) is -0.00681. The number of para-hydroxylation sites is 1. The molecule has 0 bridgehead atoms. The van der Waals surface area contributed by atoms with E-state index in [4.69, 9.17) is 4.98 Å². The number of nitrogens with one attached hydrogen (secondary N) is 1. The van der Waals surface area contributed by atoms with Crippen LogP contribution in [0.5, 0.6) is 0 Å². The largest absolute Gasteiger partial charge is 0.368 e. The first kappa shape index (κ1) is 22.1. The molecule has 8 nitrogen and oxygen atoms in total. The Morgan fingerprint density at radius 3 is 2.48 bits per heavy atom. The highest BCUT2D eigenvalue weighted by Crippen LogP contribution is 2.23. The van der Waals surface area contributed by atoms with Crippen LogP contribution in [0.1, 0.15) is 18.1 Å². The molecule has 1 aromatic carbocycles. The third-order valence-electron chi connectivity index (χ3n) is 5.76. The van der Waals surface area contributed by atoms with Crippen molar-refractivity contribution < 1.29 is 4.79 Å². The molecular formula is C25H26N6O2. The van der Waals surface area contributed by atoms with Crippen molar-refractivity contribution in [3.63, 3.8) is 0 Å². The molecule has 3 heterocycles. The van der Waals surface area contributed by atoms with Gasteiger partial charge in [0, 0.05) is 44.6 Å². The van der Waals surface area contributed by atoms with Crippen molar-refractivity contribution in [2.45, 2.75) is 13.8 Å². The van der Waals surface area contributed by atoms with Gasteiger partial charge in [-0.1, -0.05) is 24.3 Å². The van der Waals surface area contributed by atoms with Crippen molar-refractivity contribution >= 4 is 29.1 Å². The van der Waals surface area contributed by atoms with Crippen LogP contribution in [0.15, 0.2) is 59.0 Å². The first-order valence-corrected chi connectivity index (χ1v) is 11.0. The fourth-order valence-electron chi connectivity index (χ4n) is 4.03. The maximum atomic E-state index is 13.5. The van der Waals surface area contributed by atoms with E-state index in [0.29, 0.717) is 31.1 Å². The number of nitrogens with zero attached hydrogens (tertiary/aromatic N) is 5. The predicted molar refractivity (Wildman–Crippen MR) is 129 cm³/mol. The molecule has 168 valence electrons. The Morgan fingerprint density at radius 2 is 1.82 bits per heavy atom. The minimum absolute atomic E-state index is 0.118. The second-order valence-electron chi connectivity index (χ2n) is 7.88. The Hall–Kier alpha value is -4.12. The van der Waals surface area contributed by atoms with E-state index in [1.807, 2.05) is 37.3 Å². The van der Waals surface area contributed by atoms with Crippen molar-refractivity contribution in [1.82, 2.24) is 14.7 Å². The standard InChI is InChI=1S/C25H26N6O2/c1-3-27-24(32)19(17-26)16-21-23(28-22-18(2)8-7-11-31(22)25(21)33)30-14-12-29(13-15-30)20-9-5-4-6-10-20/h4-11,16H,3,12-15H2,1-2H3,(H,27,32). The van der Waals surface area contributed by atoms with Crippen LogP contribution in [-0.2, 0) is 4.79 Å². The molecule has 0 radical (unpaired) electrons. The molecule has 3 aromatic rings. The van der Waals surface area contributed by atoms with E-state index in [0.717, 1.165) is 24.3 Å². The molecule has 0 saturated carbocycles.